The second-order valence-corrected chi connectivity index (χ2v) is 0.868. The van der Waals surface area contributed by atoms with Gasteiger partial charge in [-0.1, -0.05) is 0 Å². The van der Waals surface area contributed by atoms with E-state index >= 15 is 0 Å². The Kier molecular flexibility index (Phi) is 10.1. The third-order valence-electron chi connectivity index (χ3n) is 0.135. The molecule has 0 saturated heterocycles. The summed E-state index contributed by atoms with van der Waals surface area (Å²) in [5.74, 6) is -0.965. The maximum Gasteiger partial charge on any atom is 0.313 e. The number of hydrogen-bond acceptors (Lipinski definition) is 2. The Bertz CT molecular complexity index is 46.8. The van der Waals surface area contributed by atoms with Crippen LogP contribution in [0.4, 0.5) is 0 Å². The molecule has 0 aromatic carbocycles. The third kappa shape index (κ3) is 8.89. The van der Waals surface area contributed by atoms with Gasteiger partial charge in [0.15, 0.2) is 0 Å². The van der Waals surface area contributed by atoms with E-state index in [-0.39, 0.29) is 41.4 Å². The molecule has 6 heavy (non-hydrogen) atoms. The van der Waals surface area contributed by atoms with Crippen LogP contribution in [0.1, 0.15) is 0 Å². The van der Waals surface area contributed by atoms with Gasteiger partial charge in [-0.25, -0.2) is 0 Å². The second kappa shape index (κ2) is 6.01. The summed E-state index contributed by atoms with van der Waals surface area (Å²) in [5.41, 5.74) is 0. The van der Waals surface area contributed by atoms with E-state index in [1.165, 1.54) is 0 Å². The minimum Gasteiger partial charge on any atom is -0.481 e. The van der Waals surface area contributed by atoms with E-state index in [9.17, 15) is 4.79 Å². The van der Waals surface area contributed by atoms with E-state index in [0.29, 0.717) is 0 Å². The molecule has 0 bridgehead atoms. The predicted molar refractivity (Wildman–Crippen MR) is 21.5 cm³/mol. The molecule has 4 heteroatoms. The van der Waals surface area contributed by atoms with Gasteiger partial charge in [-0.05, 0) is 0 Å². The van der Waals surface area contributed by atoms with Crippen molar-refractivity contribution in [3.8, 4) is 0 Å². The number of thiol groups is 1. The summed E-state index contributed by atoms with van der Waals surface area (Å²) in [5, 5.41) is 7.65. The van der Waals surface area contributed by atoms with Crippen molar-refractivity contribution in [3.63, 3.8) is 0 Å². The maximum absolute atomic E-state index is 9.29. The topological polar surface area (TPSA) is 37.3 Å². The first-order valence-corrected chi connectivity index (χ1v) is 1.73. The summed E-state index contributed by atoms with van der Waals surface area (Å²) in [6, 6.07) is 0. The number of carboxylic acid groups (broad SMARTS) is 1. The predicted octanol–water partition coefficient (Wildman–Crippen LogP) is 0.000800. The smallest absolute Gasteiger partial charge is 0.313 e. The van der Waals surface area contributed by atoms with Gasteiger partial charge < -0.3 is 5.11 Å². The molecule has 0 aliphatic heterocycles. The fourth-order valence-electron chi connectivity index (χ4n) is 0. The van der Waals surface area contributed by atoms with Crippen LogP contribution in [-0.4, -0.2) is 16.8 Å². The fraction of sp³-hybridized carbons (Fsp3) is 0.500. The van der Waals surface area contributed by atoms with Gasteiger partial charge in [-0.2, -0.15) is 12.6 Å². The van der Waals surface area contributed by atoms with Crippen LogP contribution in [0, 0.1) is 35.6 Å². The van der Waals surface area contributed by atoms with E-state index in [1.54, 1.807) is 0 Å². The van der Waals surface area contributed by atoms with Crippen molar-refractivity contribution in [2.45, 2.75) is 0 Å². The molecular formula is C2H4LaO2S. The van der Waals surface area contributed by atoms with Crippen molar-refractivity contribution in [1.29, 1.82) is 0 Å². The molecular weight excluding hydrogens is 227 g/mol. The van der Waals surface area contributed by atoms with Gasteiger partial charge in [-0.15, -0.1) is 0 Å². The van der Waals surface area contributed by atoms with E-state index in [0.717, 1.165) is 0 Å². The molecule has 0 aromatic heterocycles. The van der Waals surface area contributed by atoms with Gasteiger partial charge in [0.25, 0.3) is 0 Å². The Morgan fingerprint density at radius 3 is 2.00 bits per heavy atom. The Balaban J connectivity index is 0. The first-order chi connectivity index (χ1) is 2.27. The van der Waals surface area contributed by atoms with E-state index in [1.807, 2.05) is 0 Å². The van der Waals surface area contributed by atoms with Crippen LogP contribution in [-0.2, 0) is 4.79 Å². The van der Waals surface area contributed by atoms with E-state index < -0.39 is 5.97 Å². The molecule has 1 radical (unpaired) electrons. The molecule has 33 valence electrons. The van der Waals surface area contributed by atoms with Crippen molar-refractivity contribution in [3.05, 3.63) is 0 Å². The van der Waals surface area contributed by atoms with Gasteiger partial charge in [0.1, 0.15) is 0 Å². The van der Waals surface area contributed by atoms with Crippen molar-refractivity contribution < 1.29 is 45.5 Å². The molecule has 2 nitrogen and oxygen atoms in total. The first-order valence-electron chi connectivity index (χ1n) is 1.10. The Labute approximate surface area is 69.3 Å². The van der Waals surface area contributed by atoms with Crippen molar-refractivity contribution in [2.75, 3.05) is 5.75 Å². The molecule has 0 amide bonds. The summed E-state index contributed by atoms with van der Waals surface area (Å²) in [4.78, 5) is 9.29. The summed E-state index contributed by atoms with van der Waals surface area (Å²) in [6.07, 6.45) is 0. The monoisotopic (exact) mass is 231 g/mol. The zero-order chi connectivity index (χ0) is 4.28. The van der Waals surface area contributed by atoms with E-state index in [2.05, 4.69) is 12.6 Å². The number of rotatable bonds is 1. The van der Waals surface area contributed by atoms with Crippen LogP contribution in [0.5, 0.6) is 0 Å². The number of hydrogen-bond donors (Lipinski definition) is 2. The molecule has 0 heterocycles. The van der Waals surface area contributed by atoms with Crippen LogP contribution in [0.15, 0.2) is 0 Å². The summed E-state index contributed by atoms with van der Waals surface area (Å²) >= 11 is 3.42. The Morgan fingerprint density at radius 2 is 2.00 bits per heavy atom. The average Bonchev–Trinajstić information content (AvgIpc) is 1.38. The molecule has 0 fully saturated rings. The van der Waals surface area contributed by atoms with Crippen LogP contribution >= 0.6 is 12.6 Å². The molecule has 0 rings (SSSR count). The van der Waals surface area contributed by atoms with Crippen LogP contribution < -0.4 is 0 Å². The minimum absolute atomic E-state index is 0. The largest absolute Gasteiger partial charge is 0.481 e. The molecule has 1 N–H and O–H groups in total. The first kappa shape index (κ1) is 10.1. The summed E-state index contributed by atoms with van der Waals surface area (Å²) in [6.45, 7) is 0. The van der Waals surface area contributed by atoms with Gasteiger partial charge >= 0.3 is 5.97 Å². The summed E-state index contributed by atoms with van der Waals surface area (Å²) in [7, 11) is 0. The fourth-order valence-corrected chi connectivity index (χ4v) is 0. The molecule has 0 aromatic rings. The zero-order valence-corrected chi connectivity index (χ0v) is 7.61. The minimum atomic E-state index is -0.881. The second-order valence-electron chi connectivity index (χ2n) is 0.552. The quantitative estimate of drug-likeness (QED) is 0.623. The maximum atomic E-state index is 9.29. The molecule has 0 aliphatic carbocycles. The third-order valence-corrected chi connectivity index (χ3v) is 0.406. The van der Waals surface area contributed by atoms with Gasteiger partial charge in [0.05, 0.1) is 5.75 Å². The van der Waals surface area contributed by atoms with Gasteiger partial charge in [-0.3, -0.25) is 4.79 Å². The van der Waals surface area contributed by atoms with Crippen molar-refractivity contribution >= 4 is 18.6 Å². The van der Waals surface area contributed by atoms with Crippen molar-refractivity contribution in [1.82, 2.24) is 0 Å². The van der Waals surface area contributed by atoms with Gasteiger partial charge in [0.2, 0.25) is 0 Å². The average molecular weight is 231 g/mol. The standard InChI is InChI=1S/C2H4O2S.La/c3-2(4)1-5;/h5H,1H2,(H,3,4);. The Hall–Kier alpha value is 1.01. The number of carboxylic acids is 1. The molecule has 0 aliphatic rings. The Morgan fingerprint density at radius 1 is 1.83 bits per heavy atom. The zero-order valence-electron chi connectivity index (χ0n) is 3.09. The van der Waals surface area contributed by atoms with Crippen LogP contribution in [0.2, 0.25) is 0 Å². The molecule has 0 atom stereocenters. The molecule has 0 unspecified atom stereocenters. The van der Waals surface area contributed by atoms with Crippen molar-refractivity contribution in [2.24, 2.45) is 0 Å². The normalized spacial score (nSPS) is 6.17. The number of carbonyl (C=O) groups is 1. The molecule has 0 saturated carbocycles. The summed E-state index contributed by atoms with van der Waals surface area (Å²) < 4.78 is 0. The number of aliphatic carboxylic acids is 1. The SMILES string of the molecule is O=C(O)CS.[La]. The van der Waals surface area contributed by atoms with Gasteiger partial charge in [0, 0.05) is 35.6 Å². The van der Waals surface area contributed by atoms with Crippen LogP contribution in [0.25, 0.3) is 0 Å². The van der Waals surface area contributed by atoms with E-state index in [4.69, 9.17) is 5.11 Å². The van der Waals surface area contributed by atoms with Crippen LogP contribution in [0.3, 0.4) is 0 Å². The molecule has 0 spiro atoms.